The Hall–Kier alpha value is -1.55. The maximum atomic E-state index is 11.1. The van der Waals surface area contributed by atoms with Crippen LogP contribution in [0.5, 0.6) is 5.75 Å². The summed E-state index contributed by atoms with van der Waals surface area (Å²) in [4.78, 5) is 11.1. The number of amides is 1. The molecule has 2 rings (SSSR count). The first-order chi connectivity index (χ1) is 7.70. The van der Waals surface area contributed by atoms with Gasteiger partial charge in [0.15, 0.2) is 0 Å². The van der Waals surface area contributed by atoms with Gasteiger partial charge < -0.3 is 15.8 Å². The molecule has 1 atom stereocenters. The Kier molecular flexibility index (Phi) is 3.10. The lowest BCUT2D eigenvalue weighted by Crippen LogP contribution is -2.39. The van der Waals surface area contributed by atoms with Crippen LogP contribution in [0.3, 0.4) is 0 Å². The first-order valence-electron chi connectivity index (χ1n) is 5.49. The summed E-state index contributed by atoms with van der Waals surface area (Å²) in [5, 5.41) is 3.33. The summed E-state index contributed by atoms with van der Waals surface area (Å²) in [5.41, 5.74) is 6.84. The second kappa shape index (κ2) is 4.53. The molecule has 16 heavy (non-hydrogen) atoms. The standard InChI is InChI=1S/C12H16N2O2/c1-2-14-10-6-9-5-8(12(13)15)3-4-11(9)16-7-10/h3-5,10,14H,2,6-7H2,1H3,(H2,13,15)/t10-/m0/s1. The summed E-state index contributed by atoms with van der Waals surface area (Å²) in [6, 6.07) is 5.66. The van der Waals surface area contributed by atoms with Gasteiger partial charge in [-0.25, -0.2) is 0 Å². The van der Waals surface area contributed by atoms with E-state index in [2.05, 4.69) is 12.2 Å². The molecule has 0 saturated carbocycles. The number of rotatable bonds is 3. The van der Waals surface area contributed by atoms with Gasteiger partial charge in [-0.1, -0.05) is 6.92 Å². The molecule has 0 fully saturated rings. The van der Waals surface area contributed by atoms with Crippen LogP contribution in [0, 0.1) is 0 Å². The molecular weight excluding hydrogens is 204 g/mol. The minimum Gasteiger partial charge on any atom is -0.492 e. The Balaban J connectivity index is 2.21. The predicted molar refractivity (Wildman–Crippen MR) is 61.6 cm³/mol. The van der Waals surface area contributed by atoms with E-state index in [4.69, 9.17) is 10.5 Å². The van der Waals surface area contributed by atoms with Gasteiger partial charge in [-0.15, -0.1) is 0 Å². The number of likely N-dealkylation sites (N-methyl/N-ethyl adjacent to an activating group) is 1. The Labute approximate surface area is 94.8 Å². The Morgan fingerprint density at radius 1 is 1.62 bits per heavy atom. The lowest BCUT2D eigenvalue weighted by Gasteiger charge is -2.26. The molecule has 4 nitrogen and oxygen atoms in total. The van der Waals surface area contributed by atoms with Crippen molar-refractivity contribution in [3.63, 3.8) is 0 Å². The molecule has 0 bridgehead atoms. The van der Waals surface area contributed by atoms with Crippen molar-refractivity contribution in [1.29, 1.82) is 0 Å². The molecule has 1 aliphatic heterocycles. The van der Waals surface area contributed by atoms with Crippen molar-refractivity contribution in [2.75, 3.05) is 13.2 Å². The van der Waals surface area contributed by atoms with Crippen LogP contribution in [-0.4, -0.2) is 25.1 Å². The van der Waals surface area contributed by atoms with Crippen molar-refractivity contribution in [2.24, 2.45) is 5.73 Å². The van der Waals surface area contributed by atoms with Gasteiger partial charge >= 0.3 is 0 Å². The molecule has 4 heteroatoms. The van der Waals surface area contributed by atoms with E-state index in [1.165, 1.54) is 0 Å². The topological polar surface area (TPSA) is 64.3 Å². The van der Waals surface area contributed by atoms with Gasteiger partial charge in [-0.2, -0.15) is 0 Å². The van der Waals surface area contributed by atoms with Gasteiger partial charge in [0.1, 0.15) is 12.4 Å². The highest BCUT2D eigenvalue weighted by Gasteiger charge is 2.19. The third-order valence-corrected chi connectivity index (χ3v) is 2.74. The van der Waals surface area contributed by atoms with Crippen LogP contribution in [0.1, 0.15) is 22.8 Å². The van der Waals surface area contributed by atoms with E-state index in [0.29, 0.717) is 18.2 Å². The van der Waals surface area contributed by atoms with Crippen molar-refractivity contribution in [3.05, 3.63) is 29.3 Å². The van der Waals surface area contributed by atoms with Gasteiger partial charge in [-0.05, 0) is 36.7 Å². The first-order valence-corrected chi connectivity index (χ1v) is 5.49. The number of hydrogen-bond donors (Lipinski definition) is 2. The SMILES string of the molecule is CCN[C@@H]1COc2ccc(C(N)=O)cc2C1. The minimum atomic E-state index is -0.395. The van der Waals surface area contributed by atoms with E-state index < -0.39 is 5.91 Å². The van der Waals surface area contributed by atoms with Crippen LogP contribution in [0.4, 0.5) is 0 Å². The summed E-state index contributed by atoms with van der Waals surface area (Å²) < 4.78 is 5.61. The number of carbonyl (C=O) groups is 1. The number of primary amides is 1. The maximum absolute atomic E-state index is 11.1. The largest absolute Gasteiger partial charge is 0.492 e. The predicted octanol–water partition coefficient (Wildman–Crippen LogP) is 0.699. The van der Waals surface area contributed by atoms with Gasteiger partial charge in [0.25, 0.3) is 0 Å². The molecule has 0 aromatic heterocycles. The highest BCUT2D eigenvalue weighted by molar-refractivity contribution is 5.93. The third-order valence-electron chi connectivity index (χ3n) is 2.74. The maximum Gasteiger partial charge on any atom is 0.248 e. The molecule has 1 aromatic carbocycles. The molecule has 0 aliphatic carbocycles. The smallest absolute Gasteiger partial charge is 0.248 e. The average molecular weight is 220 g/mol. The zero-order valence-corrected chi connectivity index (χ0v) is 9.32. The molecule has 3 N–H and O–H groups in total. The van der Waals surface area contributed by atoms with Crippen LogP contribution in [-0.2, 0) is 6.42 Å². The number of benzene rings is 1. The molecule has 1 amide bonds. The molecule has 1 heterocycles. The Bertz CT molecular complexity index is 404. The normalized spacial score (nSPS) is 18.7. The summed E-state index contributed by atoms with van der Waals surface area (Å²) in [6.07, 6.45) is 0.879. The van der Waals surface area contributed by atoms with Crippen molar-refractivity contribution in [2.45, 2.75) is 19.4 Å². The monoisotopic (exact) mass is 220 g/mol. The number of carbonyl (C=O) groups excluding carboxylic acids is 1. The molecule has 1 aromatic rings. The Morgan fingerprint density at radius 2 is 2.44 bits per heavy atom. The van der Waals surface area contributed by atoms with E-state index in [1.54, 1.807) is 6.07 Å². The fourth-order valence-electron chi connectivity index (χ4n) is 1.97. The van der Waals surface area contributed by atoms with Crippen LogP contribution in [0.2, 0.25) is 0 Å². The second-order valence-corrected chi connectivity index (χ2v) is 3.96. The quantitative estimate of drug-likeness (QED) is 0.788. The average Bonchev–Trinajstić information content (AvgIpc) is 2.28. The number of nitrogens with two attached hydrogens (primary N) is 1. The molecule has 0 spiro atoms. The van der Waals surface area contributed by atoms with Crippen LogP contribution < -0.4 is 15.8 Å². The van der Waals surface area contributed by atoms with E-state index in [-0.39, 0.29) is 0 Å². The molecule has 0 radical (unpaired) electrons. The van der Waals surface area contributed by atoms with Crippen molar-refractivity contribution < 1.29 is 9.53 Å². The first kappa shape index (κ1) is 11.0. The molecule has 0 unspecified atom stereocenters. The summed E-state index contributed by atoms with van der Waals surface area (Å²) >= 11 is 0. The third kappa shape index (κ3) is 2.17. The minimum absolute atomic E-state index is 0.320. The molecule has 86 valence electrons. The Morgan fingerprint density at radius 3 is 3.12 bits per heavy atom. The zero-order valence-electron chi connectivity index (χ0n) is 9.32. The van der Waals surface area contributed by atoms with Gasteiger partial charge in [0.05, 0.1) is 0 Å². The second-order valence-electron chi connectivity index (χ2n) is 3.96. The van der Waals surface area contributed by atoms with Crippen molar-refractivity contribution in [3.8, 4) is 5.75 Å². The highest BCUT2D eigenvalue weighted by Crippen LogP contribution is 2.25. The fraction of sp³-hybridized carbons (Fsp3) is 0.417. The van der Waals surface area contributed by atoms with Crippen LogP contribution in [0.15, 0.2) is 18.2 Å². The lowest BCUT2D eigenvalue weighted by atomic mass is 10.00. The van der Waals surface area contributed by atoms with E-state index in [9.17, 15) is 4.79 Å². The number of fused-ring (bicyclic) bond motifs is 1. The number of nitrogens with one attached hydrogen (secondary N) is 1. The van der Waals surface area contributed by atoms with Crippen molar-refractivity contribution >= 4 is 5.91 Å². The fourth-order valence-corrected chi connectivity index (χ4v) is 1.97. The number of hydrogen-bond acceptors (Lipinski definition) is 3. The summed E-state index contributed by atoms with van der Waals surface area (Å²) in [6.45, 7) is 3.66. The summed E-state index contributed by atoms with van der Waals surface area (Å²) in [5.74, 6) is 0.465. The zero-order chi connectivity index (χ0) is 11.5. The van der Waals surface area contributed by atoms with E-state index in [1.807, 2.05) is 12.1 Å². The van der Waals surface area contributed by atoms with Crippen molar-refractivity contribution in [1.82, 2.24) is 5.32 Å². The van der Waals surface area contributed by atoms with Gasteiger partial charge in [0.2, 0.25) is 5.91 Å². The molecular formula is C12H16N2O2. The lowest BCUT2D eigenvalue weighted by molar-refractivity contribution is 0.1000. The van der Waals surface area contributed by atoms with E-state index in [0.717, 1.165) is 24.3 Å². The van der Waals surface area contributed by atoms with Gasteiger partial charge in [-0.3, -0.25) is 4.79 Å². The molecule has 1 aliphatic rings. The highest BCUT2D eigenvalue weighted by atomic mass is 16.5. The number of ether oxygens (including phenoxy) is 1. The van der Waals surface area contributed by atoms with Gasteiger partial charge in [0, 0.05) is 11.6 Å². The van der Waals surface area contributed by atoms with Crippen LogP contribution in [0.25, 0.3) is 0 Å². The summed E-state index contributed by atoms with van der Waals surface area (Å²) in [7, 11) is 0. The molecule has 0 saturated heterocycles. The van der Waals surface area contributed by atoms with Crippen LogP contribution >= 0.6 is 0 Å². The van der Waals surface area contributed by atoms with E-state index >= 15 is 0 Å².